The van der Waals surface area contributed by atoms with Gasteiger partial charge in [0.15, 0.2) is 5.13 Å². The number of hydrogen-bond acceptors (Lipinski definition) is 7. The number of nitrogens with zero attached hydrogens (tertiary/aromatic N) is 2. The van der Waals surface area contributed by atoms with Crippen molar-refractivity contribution >= 4 is 34.0 Å². The maximum Gasteiger partial charge on any atom is 0.270 e. The van der Waals surface area contributed by atoms with E-state index >= 15 is 0 Å². The Hall–Kier alpha value is -3.46. The summed E-state index contributed by atoms with van der Waals surface area (Å²) in [6, 6.07) is 13.0. The van der Waals surface area contributed by atoms with Crippen LogP contribution in [0.15, 0.2) is 54.0 Å². The summed E-state index contributed by atoms with van der Waals surface area (Å²) in [5.41, 5.74) is 1.84. The molecule has 2 amide bonds. The number of nitrogens with one attached hydrogen (secondary N) is 3. The highest BCUT2D eigenvalue weighted by molar-refractivity contribution is 7.14. The van der Waals surface area contributed by atoms with Crippen LogP contribution < -0.4 is 20.7 Å². The third-order valence-electron chi connectivity index (χ3n) is 3.92. The van der Waals surface area contributed by atoms with Gasteiger partial charge >= 0.3 is 0 Å². The molecule has 1 aromatic carbocycles. The number of aromatic nitrogens is 2. The summed E-state index contributed by atoms with van der Waals surface area (Å²) in [5, 5.41) is 10.8. The molecule has 0 atom stereocenters. The number of thiazole rings is 1. The molecule has 150 valence electrons. The fourth-order valence-electron chi connectivity index (χ4n) is 2.46. The average Bonchev–Trinajstić information content (AvgIpc) is 3.22. The van der Waals surface area contributed by atoms with E-state index in [1.54, 1.807) is 18.7 Å². The van der Waals surface area contributed by atoms with Crippen molar-refractivity contribution in [1.82, 2.24) is 20.6 Å². The van der Waals surface area contributed by atoms with Gasteiger partial charge in [-0.1, -0.05) is 18.2 Å². The van der Waals surface area contributed by atoms with Crippen molar-refractivity contribution in [2.75, 3.05) is 19.0 Å². The SMILES string of the molecule is COc1ccccc1Nc1nc(C(=O)NCCC(=O)NCc2ccccn2)cs1. The van der Waals surface area contributed by atoms with Crippen LogP contribution in [0.5, 0.6) is 5.75 Å². The molecule has 0 spiro atoms. The van der Waals surface area contributed by atoms with Crippen LogP contribution in [0, 0.1) is 0 Å². The van der Waals surface area contributed by atoms with E-state index in [0.717, 1.165) is 11.4 Å². The van der Waals surface area contributed by atoms with E-state index in [9.17, 15) is 9.59 Å². The van der Waals surface area contributed by atoms with E-state index in [2.05, 4.69) is 25.9 Å². The van der Waals surface area contributed by atoms with Gasteiger partial charge in [-0.3, -0.25) is 14.6 Å². The minimum absolute atomic E-state index is 0.159. The molecule has 0 fully saturated rings. The maximum atomic E-state index is 12.2. The van der Waals surface area contributed by atoms with Crippen molar-refractivity contribution in [2.45, 2.75) is 13.0 Å². The topological polar surface area (TPSA) is 105 Å². The van der Waals surface area contributed by atoms with Gasteiger partial charge in [0.2, 0.25) is 5.91 Å². The van der Waals surface area contributed by atoms with Gasteiger partial charge in [0, 0.05) is 24.5 Å². The molecule has 3 aromatic rings. The predicted octanol–water partition coefficient (Wildman–Crippen LogP) is 2.73. The molecule has 0 aliphatic rings. The summed E-state index contributed by atoms with van der Waals surface area (Å²) in [7, 11) is 1.59. The number of ether oxygens (including phenoxy) is 1. The first-order valence-corrected chi connectivity index (χ1v) is 9.84. The molecule has 3 rings (SSSR count). The van der Waals surface area contributed by atoms with Crippen molar-refractivity contribution in [1.29, 1.82) is 0 Å². The van der Waals surface area contributed by atoms with Crippen molar-refractivity contribution in [3.63, 3.8) is 0 Å². The van der Waals surface area contributed by atoms with Crippen LogP contribution in [-0.4, -0.2) is 35.4 Å². The van der Waals surface area contributed by atoms with Crippen molar-refractivity contribution < 1.29 is 14.3 Å². The van der Waals surface area contributed by atoms with Gasteiger partial charge < -0.3 is 20.7 Å². The Labute approximate surface area is 172 Å². The number of benzene rings is 1. The molecule has 2 heterocycles. The van der Waals surface area contributed by atoms with Crippen molar-refractivity contribution in [2.24, 2.45) is 0 Å². The Morgan fingerprint density at radius 2 is 1.93 bits per heavy atom. The summed E-state index contributed by atoms with van der Waals surface area (Å²) in [6.07, 6.45) is 1.85. The van der Waals surface area contributed by atoms with Crippen LogP contribution in [0.3, 0.4) is 0 Å². The molecule has 0 bridgehead atoms. The Kier molecular flexibility index (Phi) is 7.12. The van der Waals surface area contributed by atoms with Gasteiger partial charge in [-0.15, -0.1) is 11.3 Å². The number of anilines is 2. The van der Waals surface area contributed by atoms with E-state index in [0.29, 0.717) is 23.1 Å². The van der Waals surface area contributed by atoms with Gasteiger partial charge in [-0.25, -0.2) is 4.98 Å². The fourth-order valence-corrected chi connectivity index (χ4v) is 3.16. The average molecular weight is 411 g/mol. The lowest BCUT2D eigenvalue weighted by molar-refractivity contribution is -0.121. The number of amides is 2. The zero-order valence-electron chi connectivity index (χ0n) is 15.8. The summed E-state index contributed by atoms with van der Waals surface area (Å²) in [5.74, 6) is 0.199. The summed E-state index contributed by atoms with van der Waals surface area (Å²) < 4.78 is 5.29. The molecule has 0 unspecified atom stereocenters. The van der Waals surface area contributed by atoms with Crippen LogP contribution in [0.4, 0.5) is 10.8 Å². The van der Waals surface area contributed by atoms with Gasteiger partial charge in [0.05, 0.1) is 25.0 Å². The van der Waals surface area contributed by atoms with Crippen LogP contribution in [-0.2, 0) is 11.3 Å². The van der Waals surface area contributed by atoms with E-state index in [-0.39, 0.29) is 24.8 Å². The third-order valence-corrected chi connectivity index (χ3v) is 4.67. The number of hydrogen-bond donors (Lipinski definition) is 3. The molecule has 8 nitrogen and oxygen atoms in total. The zero-order valence-corrected chi connectivity index (χ0v) is 16.7. The lowest BCUT2D eigenvalue weighted by Gasteiger charge is -2.08. The second-order valence-corrected chi connectivity index (χ2v) is 6.82. The Bertz CT molecular complexity index is 962. The number of pyridine rings is 1. The lowest BCUT2D eigenvalue weighted by Crippen LogP contribution is -2.30. The van der Waals surface area contributed by atoms with E-state index in [4.69, 9.17) is 4.74 Å². The monoisotopic (exact) mass is 411 g/mol. The highest BCUT2D eigenvalue weighted by atomic mass is 32.1. The molecular formula is C20H21N5O3S. The maximum absolute atomic E-state index is 12.2. The second-order valence-electron chi connectivity index (χ2n) is 5.97. The largest absolute Gasteiger partial charge is 0.495 e. The fraction of sp³-hybridized carbons (Fsp3) is 0.200. The quantitative estimate of drug-likeness (QED) is 0.500. The van der Waals surface area contributed by atoms with Crippen LogP contribution >= 0.6 is 11.3 Å². The standard InChI is InChI=1S/C20H21N5O3S/c1-28-17-8-3-2-7-15(17)24-20-25-16(13-29-20)19(27)22-11-9-18(26)23-12-14-6-4-5-10-21-14/h2-8,10,13H,9,11-12H2,1H3,(H,22,27)(H,23,26)(H,24,25). The highest BCUT2D eigenvalue weighted by Gasteiger charge is 2.12. The first-order valence-electron chi connectivity index (χ1n) is 8.96. The number of carbonyl (C=O) groups excluding carboxylic acids is 2. The van der Waals surface area contributed by atoms with Crippen LogP contribution in [0.25, 0.3) is 0 Å². The van der Waals surface area contributed by atoms with Crippen molar-refractivity contribution in [3.05, 3.63) is 65.4 Å². The Balaban J connectivity index is 1.43. The molecule has 0 aliphatic heterocycles. The molecule has 0 radical (unpaired) electrons. The predicted molar refractivity (Wildman–Crippen MR) is 111 cm³/mol. The number of rotatable bonds is 9. The Morgan fingerprint density at radius 1 is 1.10 bits per heavy atom. The van der Waals surface area contributed by atoms with Gasteiger partial charge in [-0.05, 0) is 24.3 Å². The number of methoxy groups -OCH3 is 1. The van der Waals surface area contributed by atoms with E-state index in [1.165, 1.54) is 11.3 Å². The highest BCUT2D eigenvalue weighted by Crippen LogP contribution is 2.28. The van der Waals surface area contributed by atoms with E-state index < -0.39 is 0 Å². The molecule has 0 saturated carbocycles. The second kappa shape index (κ2) is 10.2. The minimum Gasteiger partial charge on any atom is -0.495 e. The normalized spacial score (nSPS) is 10.2. The number of carbonyl (C=O) groups is 2. The van der Waals surface area contributed by atoms with Gasteiger partial charge in [0.25, 0.3) is 5.91 Å². The lowest BCUT2D eigenvalue weighted by atomic mass is 10.3. The summed E-state index contributed by atoms with van der Waals surface area (Å²) in [4.78, 5) is 32.5. The smallest absolute Gasteiger partial charge is 0.270 e. The zero-order chi connectivity index (χ0) is 20.5. The Morgan fingerprint density at radius 3 is 2.72 bits per heavy atom. The van der Waals surface area contributed by atoms with Gasteiger partial charge in [0.1, 0.15) is 11.4 Å². The molecule has 2 aromatic heterocycles. The number of para-hydroxylation sites is 2. The van der Waals surface area contributed by atoms with Crippen LogP contribution in [0.2, 0.25) is 0 Å². The minimum atomic E-state index is -0.327. The summed E-state index contributed by atoms with van der Waals surface area (Å²) in [6.45, 7) is 0.581. The van der Waals surface area contributed by atoms with Gasteiger partial charge in [-0.2, -0.15) is 0 Å². The first kappa shape index (κ1) is 20.3. The molecule has 9 heteroatoms. The molecule has 3 N–H and O–H groups in total. The first-order chi connectivity index (χ1) is 14.2. The third kappa shape index (κ3) is 6.01. The van der Waals surface area contributed by atoms with E-state index in [1.807, 2.05) is 42.5 Å². The molecular weight excluding hydrogens is 390 g/mol. The molecule has 29 heavy (non-hydrogen) atoms. The van der Waals surface area contributed by atoms with Crippen LogP contribution in [0.1, 0.15) is 22.6 Å². The van der Waals surface area contributed by atoms with Crippen molar-refractivity contribution in [3.8, 4) is 5.75 Å². The molecule has 0 aliphatic carbocycles. The summed E-state index contributed by atoms with van der Waals surface area (Å²) >= 11 is 1.31. The molecule has 0 saturated heterocycles.